The number of fused-ring (bicyclic) bond motifs is 1. The van der Waals surface area contributed by atoms with Gasteiger partial charge in [0.15, 0.2) is 5.82 Å². The van der Waals surface area contributed by atoms with Crippen molar-refractivity contribution in [2.75, 3.05) is 6.54 Å². The summed E-state index contributed by atoms with van der Waals surface area (Å²) in [6.45, 7) is 3.94. The number of nitrogens with zero attached hydrogens (tertiary/aromatic N) is 2. The van der Waals surface area contributed by atoms with Crippen LogP contribution >= 0.6 is 0 Å². The number of hydrogen-bond acceptors (Lipinski definition) is 3. The van der Waals surface area contributed by atoms with Gasteiger partial charge in [0.25, 0.3) is 0 Å². The maximum Gasteiger partial charge on any atom is 0.159 e. The van der Waals surface area contributed by atoms with E-state index in [1.54, 1.807) is 12.1 Å². The fourth-order valence-corrected chi connectivity index (χ4v) is 2.61. The minimum Gasteiger partial charge on any atom is -0.311 e. The van der Waals surface area contributed by atoms with Crippen LogP contribution in [0.15, 0.2) is 24.3 Å². The van der Waals surface area contributed by atoms with Gasteiger partial charge in [0.1, 0.15) is 5.82 Å². The zero-order chi connectivity index (χ0) is 13.9. The molecule has 20 heavy (non-hydrogen) atoms. The molecule has 0 radical (unpaired) electrons. The molecule has 0 bridgehead atoms. The molecule has 1 aromatic heterocycles. The average Bonchev–Trinajstić information content (AvgIpc) is 2.48. The predicted molar refractivity (Wildman–Crippen MR) is 76.8 cm³/mol. The molecule has 0 fully saturated rings. The van der Waals surface area contributed by atoms with E-state index in [0.29, 0.717) is 5.82 Å². The number of aromatic nitrogens is 2. The van der Waals surface area contributed by atoms with Gasteiger partial charge in [-0.25, -0.2) is 14.4 Å². The molecule has 0 atom stereocenters. The van der Waals surface area contributed by atoms with Crippen molar-refractivity contribution in [2.45, 2.75) is 32.7 Å². The fraction of sp³-hybridized carbons (Fsp3) is 0.375. The van der Waals surface area contributed by atoms with Crippen LogP contribution in [0.2, 0.25) is 0 Å². The Labute approximate surface area is 118 Å². The second kappa shape index (κ2) is 5.67. The van der Waals surface area contributed by atoms with E-state index in [1.807, 2.05) is 0 Å². The Bertz CT molecular complexity index is 608. The second-order valence-electron chi connectivity index (χ2n) is 5.10. The lowest BCUT2D eigenvalue weighted by atomic mass is 10.0. The molecule has 1 aromatic carbocycles. The molecule has 0 unspecified atom stereocenters. The first-order valence-corrected chi connectivity index (χ1v) is 7.13. The van der Waals surface area contributed by atoms with E-state index in [2.05, 4.69) is 17.2 Å². The van der Waals surface area contributed by atoms with Crippen molar-refractivity contribution in [2.24, 2.45) is 0 Å². The van der Waals surface area contributed by atoms with Crippen LogP contribution in [0, 0.1) is 5.82 Å². The third-order valence-corrected chi connectivity index (χ3v) is 3.61. The van der Waals surface area contributed by atoms with Crippen LogP contribution in [0.25, 0.3) is 11.4 Å². The summed E-state index contributed by atoms with van der Waals surface area (Å²) in [5.41, 5.74) is 4.42. The summed E-state index contributed by atoms with van der Waals surface area (Å²) < 4.78 is 13.0. The molecule has 2 aromatic rings. The average molecular weight is 271 g/mol. The van der Waals surface area contributed by atoms with Crippen molar-refractivity contribution in [3.8, 4) is 11.4 Å². The molecule has 104 valence electrons. The van der Waals surface area contributed by atoms with Crippen molar-refractivity contribution in [1.29, 1.82) is 0 Å². The number of nitrogens with one attached hydrogen (secondary N) is 1. The Hall–Kier alpha value is -1.81. The molecular weight excluding hydrogens is 253 g/mol. The standard InChI is InChI=1S/C16H18FN3/c1-2-3-14-13-8-9-18-10-15(13)20-16(19-14)11-4-6-12(17)7-5-11/h4-7,18H,2-3,8-10H2,1H3. The fourth-order valence-electron chi connectivity index (χ4n) is 2.61. The minimum absolute atomic E-state index is 0.234. The summed E-state index contributed by atoms with van der Waals surface area (Å²) in [4.78, 5) is 9.37. The van der Waals surface area contributed by atoms with Crippen LogP contribution in [0.1, 0.15) is 30.3 Å². The van der Waals surface area contributed by atoms with Crippen molar-refractivity contribution in [1.82, 2.24) is 15.3 Å². The van der Waals surface area contributed by atoms with Crippen LogP contribution in [0.4, 0.5) is 4.39 Å². The Kier molecular flexibility index (Phi) is 3.74. The molecule has 3 rings (SSSR count). The van der Waals surface area contributed by atoms with Crippen molar-refractivity contribution >= 4 is 0 Å². The predicted octanol–water partition coefficient (Wildman–Crippen LogP) is 2.88. The number of halogens is 1. The summed E-state index contributed by atoms with van der Waals surface area (Å²) in [5, 5.41) is 3.35. The van der Waals surface area contributed by atoms with E-state index in [-0.39, 0.29) is 5.82 Å². The zero-order valence-electron chi connectivity index (χ0n) is 11.6. The van der Waals surface area contributed by atoms with E-state index in [1.165, 1.54) is 17.7 Å². The Morgan fingerprint density at radius 1 is 1.20 bits per heavy atom. The molecule has 2 heterocycles. The van der Waals surface area contributed by atoms with Crippen LogP contribution in [-0.2, 0) is 19.4 Å². The molecule has 0 aliphatic carbocycles. The minimum atomic E-state index is -0.234. The number of hydrogen-bond donors (Lipinski definition) is 1. The molecule has 1 N–H and O–H groups in total. The summed E-state index contributed by atoms with van der Waals surface area (Å²) >= 11 is 0. The molecular formula is C16H18FN3. The monoisotopic (exact) mass is 271 g/mol. The van der Waals surface area contributed by atoms with E-state index < -0.39 is 0 Å². The molecule has 0 spiro atoms. The van der Waals surface area contributed by atoms with Crippen LogP contribution < -0.4 is 5.32 Å². The van der Waals surface area contributed by atoms with Gasteiger partial charge < -0.3 is 5.32 Å². The van der Waals surface area contributed by atoms with Crippen LogP contribution in [0.3, 0.4) is 0 Å². The maximum atomic E-state index is 13.0. The first kappa shape index (κ1) is 13.2. The quantitative estimate of drug-likeness (QED) is 0.932. The Morgan fingerprint density at radius 3 is 2.75 bits per heavy atom. The van der Waals surface area contributed by atoms with E-state index in [9.17, 15) is 4.39 Å². The molecule has 0 saturated heterocycles. The number of benzene rings is 1. The first-order valence-electron chi connectivity index (χ1n) is 7.13. The molecule has 1 aliphatic rings. The third-order valence-electron chi connectivity index (χ3n) is 3.61. The number of rotatable bonds is 3. The van der Waals surface area contributed by atoms with E-state index in [0.717, 1.165) is 49.3 Å². The van der Waals surface area contributed by atoms with E-state index in [4.69, 9.17) is 4.98 Å². The summed E-state index contributed by atoms with van der Waals surface area (Å²) in [6.07, 6.45) is 3.03. The smallest absolute Gasteiger partial charge is 0.159 e. The molecule has 0 amide bonds. The molecule has 4 heteroatoms. The van der Waals surface area contributed by atoms with Gasteiger partial charge in [-0.2, -0.15) is 0 Å². The van der Waals surface area contributed by atoms with Gasteiger partial charge in [0.2, 0.25) is 0 Å². The lowest BCUT2D eigenvalue weighted by molar-refractivity contribution is 0.614. The lowest BCUT2D eigenvalue weighted by Crippen LogP contribution is -2.26. The van der Waals surface area contributed by atoms with Gasteiger partial charge >= 0.3 is 0 Å². The van der Waals surface area contributed by atoms with Gasteiger partial charge in [0.05, 0.1) is 5.69 Å². The lowest BCUT2D eigenvalue weighted by Gasteiger charge is -2.20. The van der Waals surface area contributed by atoms with Gasteiger partial charge in [-0.05, 0) is 49.2 Å². The highest BCUT2D eigenvalue weighted by molar-refractivity contribution is 5.56. The summed E-state index contributed by atoms with van der Waals surface area (Å²) in [7, 11) is 0. The highest BCUT2D eigenvalue weighted by atomic mass is 19.1. The van der Waals surface area contributed by atoms with Gasteiger partial charge in [-0.1, -0.05) is 13.3 Å². The van der Waals surface area contributed by atoms with Gasteiger partial charge in [-0.15, -0.1) is 0 Å². The summed E-state index contributed by atoms with van der Waals surface area (Å²) in [5.74, 6) is 0.470. The maximum absolute atomic E-state index is 13.0. The molecule has 3 nitrogen and oxygen atoms in total. The number of aryl methyl sites for hydroxylation is 1. The molecule has 0 saturated carbocycles. The highest BCUT2D eigenvalue weighted by Gasteiger charge is 2.17. The van der Waals surface area contributed by atoms with Gasteiger partial charge in [0, 0.05) is 17.8 Å². The van der Waals surface area contributed by atoms with Crippen LogP contribution in [0.5, 0.6) is 0 Å². The summed E-state index contributed by atoms with van der Waals surface area (Å²) in [6, 6.07) is 6.39. The van der Waals surface area contributed by atoms with Crippen molar-refractivity contribution in [3.05, 3.63) is 47.0 Å². The largest absolute Gasteiger partial charge is 0.311 e. The third kappa shape index (κ3) is 2.56. The Morgan fingerprint density at radius 2 is 2.00 bits per heavy atom. The highest BCUT2D eigenvalue weighted by Crippen LogP contribution is 2.22. The Balaban J connectivity index is 2.07. The zero-order valence-corrected chi connectivity index (χ0v) is 11.6. The van der Waals surface area contributed by atoms with Crippen molar-refractivity contribution < 1.29 is 4.39 Å². The van der Waals surface area contributed by atoms with Gasteiger partial charge in [-0.3, -0.25) is 0 Å². The van der Waals surface area contributed by atoms with E-state index >= 15 is 0 Å². The SMILES string of the molecule is CCCc1nc(-c2ccc(F)cc2)nc2c1CCNC2. The second-order valence-corrected chi connectivity index (χ2v) is 5.10. The molecule has 1 aliphatic heterocycles. The normalized spacial score (nSPS) is 14.1. The van der Waals surface area contributed by atoms with Crippen LogP contribution in [-0.4, -0.2) is 16.5 Å². The van der Waals surface area contributed by atoms with Crippen molar-refractivity contribution in [3.63, 3.8) is 0 Å². The topological polar surface area (TPSA) is 37.8 Å². The first-order chi connectivity index (χ1) is 9.78.